The Morgan fingerprint density at radius 1 is 1.56 bits per heavy atom. The molecule has 2 rings (SSSR count). The highest BCUT2D eigenvalue weighted by atomic mass is 15.2. The lowest BCUT2D eigenvalue weighted by atomic mass is 10.2. The summed E-state index contributed by atoms with van der Waals surface area (Å²) in [5, 5.41) is 7.66. The van der Waals surface area contributed by atoms with E-state index in [4.69, 9.17) is 6.42 Å². The lowest BCUT2D eigenvalue weighted by Gasteiger charge is -2.09. The molecule has 2 heterocycles. The minimum atomic E-state index is 0.337. The number of nitrogens with zero attached hydrogens (tertiary/aromatic N) is 2. The van der Waals surface area contributed by atoms with Crippen molar-refractivity contribution in [1.29, 1.82) is 0 Å². The van der Waals surface area contributed by atoms with Crippen LogP contribution in [-0.4, -0.2) is 15.7 Å². The summed E-state index contributed by atoms with van der Waals surface area (Å²) in [5.41, 5.74) is 2.34. The molecule has 0 saturated carbocycles. The molecule has 16 heavy (non-hydrogen) atoms. The Bertz CT molecular complexity index is 507. The molecule has 3 nitrogen and oxygen atoms in total. The third-order valence-corrected chi connectivity index (χ3v) is 2.57. The highest BCUT2D eigenvalue weighted by Crippen LogP contribution is 2.09. The van der Waals surface area contributed by atoms with Gasteiger partial charge in [-0.25, -0.2) is 4.52 Å². The van der Waals surface area contributed by atoms with Crippen LogP contribution >= 0.6 is 0 Å². The number of fused-ring (bicyclic) bond motifs is 1. The molecule has 0 aromatic carbocycles. The van der Waals surface area contributed by atoms with Crippen molar-refractivity contribution < 1.29 is 0 Å². The summed E-state index contributed by atoms with van der Waals surface area (Å²) in [6.45, 7) is 2.89. The summed E-state index contributed by atoms with van der Waals surface area (Å²) in [6.07, 6.45) is 9.85. The minimum Gasteiger partial charge on any atom is -0.309 e. The van der Waals surface area contributed by atoms with Gasteiger partial charge < -0.3 is 5.32 Å². The molecule has 0 aliphatic heterocycles. The molecular formula is C13H15N3. The standard InChI is InChI=1S/C13H15N3/c1-3-6-11(2)14-9-12-10-15-16-8-5-4-7-13(12)16/h1,4-5,7-8,10-11,14H,6,9H2,2H3. The van der Waals surface area contributed by atoms with E-state index in [1.165, 1.54) is 5.56 Å². The fourth-order valence-corrected chi connectivity index (χ4v) is 1.66. The van der Waals surface area contributed by atoms with Crippen LogP contribution in [-0.2, 0) is 6.54 Å². The van der Waals surface area contributed by atoms with Crippen LogP contribution in [0.1, 0.15) is 18.9 Å². The van der Waals surface area contributed by atoms with E-state index >= 15 is 0 Å². The molecule has 0 aliphatic carbocycles. The Labute approximate surface area is 95.5 Å². The first kappa shape index (κ1) is 10.7. The normalized spacial score (nSPS) is 12.5. The van der Waals surface area contributed by atoms with Crippen LogP contribution in [0.2, 0.25) is 0 Å². The van der Waals surface area contributed by atoms with Crippen LogP contribution in [0, 0.1) is 12.3 Å². The van der Waals surface area contributed by atoms with Crippen LogP contribution in [0.4, 0.5) is 0 Å². The van der Waals surface area contributed by atoms with Crippen LogP contribution in [0.25, 0.3) is 5.52 Å². The second-order valence-corrected chi connectivity index (χ2v) is 3.89. The summed E-state index contributed by atoms with van der Waals surface area (Å²) in [5.74, 6) is 2.65. The monoisotopic (exact) mass is 213 g/mol. The zero-order valence-corrected chi connectivity index (χ0v) is 9.35. The highest BCUT2D eigenvalue weighted by molar-refractivity contribution is 5.53. The number of pyridine rings is 1. The maximum absolute atomic E-state index is 5.26. The van der Waals surface area contributed by atoms with Gasteiger partial charge >= 0.3 is 0 Å². The van der Waals surface area contributed by atoms with Crippen LogP contribution in [0.5, 0.6) is 0 Å². The smallest absolute Gasteiger partial charge is 0.0706 e. The van der Waals surface area contributed by atoms with Gasteiger partial charge in [0.1, 0.15) is 0 Å². The molecule has 0 spiro atoms. The molecule has 1 N–H and O–H groups in total. The van der Waals surface area contributed by atoms with Crippen molar-refractivity contribution in [3.63, 3.8) is 0 Å². The molecule has 2 aromatic rings. The van der Waals surface area contributed by atoms with Gasteiger partial charge in [0.2, 0.25) is 0 Å². The molecule has 0 bridgehead atoms. The molecule has 0 fully saturated rings. The Morgan fingerprint density at radius 2 is 2.44 bits per heavy atom. The minimum absolute atomic E-state index is 0.337. The number of terminal acetylenes is 1. The zero-order chi connectivity index (χ0) is 11.4. The molecule has 0 radical (unpaired) electrons. The Balaban J connectivity index is 2.08. The van der Waals surface area contributed by atoms with Gasteiger partial charge in [-0.3, -0.25) is 0 Å². The van der Waals surface area contributed by atoms with E-state index in [1.807, 2.05) is 29.0 Å². The summed E-state index contributed by atoms with van der Waals surface area (Å²) >= 11 is 0. The van der Waals surface area contributed by atoms with Crippen LogP contribution in [0.15, 0.2) is 30.6 Å². The second-order valence-electron chi connectivity index (χ2n) is 3.89. The SMILES string of the molecule is C#CCC(C)NCc1cnn2ccccc12. The predicted octanol–water partition coefficient (Wildman–Crippen LogP) is 1.84. The van der Waals surface area contributed by atoms with E-state index in [-0.39, 0.29) is 0 Å². The Morgan fingerprint density at radius 3 is 3.25 bits per heavy atom. The van der Waals surface area contributed by atoms with E-state index < -0.39 is 0 Å². The lowest BCUT2D eigenvalue weighted by molar-refractivity contribution is 0.561. The molecule has 1 atom stereocenters. The van der Waals surface area contributed by atoms with E-state index in [2.05, 4.69) is 29.3 Å². The number of rotatable bonds is 4. The Kier molecular flexibility index (Phi) is 3.23. The molecular weight excluding hydrogens is 198 g/mol. The third kappa shape index (κ3) is 2.23. The van der Waals surface area contributed by atoms with Crippen LogP contribution in [0.3, 0.4) is 0 Å². The molecule has 3 heteroatoms. The van der Waals surface area contributed by atoms with Crippen molar-refractivity contribution in [2.45, 2.75) is 25.9 Å². The van der Waals surface area contributed by atoms with Crippen molar-refractivity contribution in [1.82, 2.24) is 14.9 Å². The quantitative estimate of drug-likeness (QED) is 0.785. The van der Waals surface area contributed by atoms with E-state index in [9.17, 15) is 0 Å². The Hall–Kier alpha value is -1.79. The first-order valence-corrected chi connectivity index (χ1v) is 5.39. The van der Waals surface area contributed by atoms with Crippen molar-refractivity contribution in [2.24, 2.45) is 0 Å². The molecule has 0 aliphatic rings. The van der Waals surface area contributed by atoms with Gasteiger partial charge in [-0.2, -0.15) is 5.10 Å². The first-order valence-electron chi connectivity index (χ1n) is 5.39. The average Bonchev–Trinajstić information content (AvgIpc) is 2.70. The molecule has 82 valence electrons. The first-order chi connectivity index (χ1) is 7.81. The van der Waals surface area contributed by atoms with Gasteiger partial charge in [0.25, 0.3) is 0 Å². The van der Waals surface area contributed by atoms with Gasteiger partial charge in [0.05, 0.1) is 11.7 Å². The van der Waals surface area contributed by atoms with Crippen molar-refractivity contribution in [3.8, 4) is 12.3 Å². The van der Waals surface area contributed by atoms with Gasteiger partial charge in [-0.05, 0) is 19.1 Å². The van der Waals surface area contributed by atoms with Gasteiger partial charge in [0.15, 0.2) is 0 Å². The fourth-order valence-electron chi connectivity index (χ4n) is 1.66. The van der Waals surface area contributed by atoms with Gasteiger partial charge in [-0.1, -0.05) is 6.07 Å². The van der Waals surface area contributed by atoms with Crippen LogP contribution < -0.4 is 5.32 Å². The van der Waals surface area contributed by atoms with Crippen molar-refractivity contribution in [3.05, 3.63) is 36.2 Å². The highest BCUT2D eigenvalue weighted by Gasteiger charge is 2.04. The maximum Gasteiger partial charge on any atom is 0.0706 e. The topological polar surface area (TPSA) is 29.3 Å². The van der Waals surface area contributed by atoms with E-state index in [1.54, 1.807) is 0 Å². The number of hydrogen-bond acceptors (Lipinski definition) is 2. The zero-order valence-electron chi connectivity index (χ0n) is 9.35. The van der Waals surface area contributed by atoms with Gasteiger partial charge in [0, 0.05) is 30.8 Å². The summed E-state index contributed by atoms with van der Waals surface area (Å²) in [6, 6.07) is 6.39. The second kappa shape index (κ2) is 4.82. The van der Waals surface area contributed by atoms with E-state index in [0.29, 0.717) is 6.04 Å². The lowest BCUT2D eigenvalue weighted by Crippen LogP contribution is -2.24. The summed E-state index contributed by atoms with van der Waals surface area (Å²) < 4.78 is 1.88. The summed E-state index contributed by atoms with van der Waals surface area (Å²) in [7, 11) is 0. The average molecular weight is 213 g/mol. The number of hydrogen-bond donors (Lipinski definition) is 1. The number of nitrogens with one attached hydrogen (secondary N) is 1. The van der Waals surface area contributed by atoms with Crippen molar-refractivity contribution in [2.75, 3.05) is 0 Å². The van der Waals surface area contributed by atoms with Crippen molar-refractivity contribution >= 4 is 5.52 Å². The van der Waals surface area contributed by atoms with E-state index in [0.717, 1.165) is 18.5 Å². The largest absolute Gasteiger partial charge is 0.309 e. The number of aromatic nitrogens is 2. The molecule has 1 unspecified atom stereocenters. The maximum atomic E-state index is 5.26. The fraction of sp³-hybridized carbons (Fsp3) is 0.308. The molecule has 0 saturated heterocycles. The molecule has 0 amide bonds. The molecule has 2 aromatic heterocycles. The van der Waals surface area contributed by atoms with Gasteiger partial charge in [-0.15, -0.1) is 12.3 Å². The predicted molar refractivity (Wildman–Crippen MR) is 64.9 cm³/mol. The third-order valence-electron chi connectivity index (χ3n) is 2.57. The summed E-state index contributed by atoms with van der Waals surface area (Å²) in [4.78, 5) is 0.